The second-order valence-electron chi connectivity index (χ2n) is 4.25. The second kappa shape index (κ2) is 5.29. The summed E-state index contributed by atoms with van der Waals surface area (Å²) in [5.74, 6) is 1.51. The Hall–Kier alpha value is -0.640. The predicted octanol–water partition coefficient (Wildman–Crippen LogP) is 2.02. The quantitative estimate of drug-likeness (QED) is 0.545. The van der Waals surface area contributed by atoms with E-state index in [4.69, 9.17) is 18.0 Å². The van der Waals surface area contributed by atoms with Crippen LogP contribution in [0.2, 0.25) is 0 Å². The molecule has 14 heavy (non-hydrogen) atoms. The highest BCUT2D eigenvalue weighted by Crippen LogP contribution is 2.27. The lowest BCUT2D eigenvalue weighted by Crippen LogP contribution is -2.27. The van der Waals surface area contributed by atoms with Crippen LogP contribution < -0.4 is 11.2 Å². The van der Waals surface area contributed by atoms with E-state index in [9.17, 15) is 0 Å². The number of nitrogens with one attached hydrogen (secondary N) is 1. The van der Waals surface area contributed by atoms with Gasteiger partial charge in [-0.2, -0.15) is 5.10 Å². The fraction of sp³-hybridized carbons (Fsp3) is 0.800. The Morgan fingerprint density at radius 3 is 2.93 bits per heavy atom. The highest BCUT2D eigenvalue weighted by molar-refractivity contribution is 7.80. The van der Waals surface area contributed by atoms with Gasteiger partial charge < -0.3 is 5.73 Å². The van der Waals surface area contributed by atoms with Gasteiger partial charge in [-0.25, -0.2) is 0 Å². The minimum atomic E-state index is 0.254. The molecule has 4 heteroatoms. The first-order valence-corrected chi connectivity index (χ1v) is 5.61. The maximum atomic E-state index is 5.32. The van der Waals surface area contributed by atoms with Crippen molar-refractivity contribution in [3.05, 3.63) is 0 Å². The van der Waals surface area contributed by atoms with Crippen molar-refractivity contribution in [1.29, 1.82) is 0 Å². The number of thiocarbonyl (C=S) groups is 1. The smallest absolute Gasteiger partial charge is 0.184 e. The van der Waals surface area contributed by atoms with E-state index in [0.717, 1.165) is 24.7 Å². The summed E-state index contributed by atoms with van der Waals surface area (Å²) in [6, 6.07) is 0. The van der Waals surface area contributed by atoms with E-state index in [1.54, 1.807) is 0 Å². The van der Waals surface area contributed by atoms with E-state index < -0.39 is 0 Å². The number of rotatable bonds is 2. The lowest BCUT2D eigenvalue weighted by molar-refractivity contribution is 0.346. The van der Waals surface area contributed by atoms with Gasteiger partial charge in [0.1, 0.15) is 0 Å². The van der Waals surface area contributed by atoms with Crippen LogP contribution in [0.3, 0.4) is 0 Å². The molecule has 0 heterocycles. The Kier molecular flexibility index (Phi) is 4.32. The molecule has 3 N–H and O–H groups in total. The molecule has 1 saturated carbocycles. The van der Waals surface area contributed by atoms with E-state index in [0.29, 0.717) is 0 Å². The van der Waals surface area contributed by atoms with Crippen LogP contribution in [0.1, 0.15) is 39.5 Å². The highest BCUT2D eigenvalue weighted by Gasteiger charge is 2.20. The first kappa shape index (κ1) is 11.4. The Morgan fingerprint density at radius 2 is 2.36 bits per heavy atom. The van der Waals surface area contributed by atoms with Crippen LogP contribution in [0.15, 0.2) is 5.10 Å². The molecule has 1 atom stereocenters. The van der Waals surface area contributed by atoms with Crippen molar-refractivity contribution in [2.24, 2.45) is 22.7 Å². The van der Waals surface area contributed by atoms with Crippen LogP contribution in [0.5, 0.6) is 0 Å². The maximum absolute atomic E-state index is 5.32. The lowest BCUT2D eigenvalue weighted by Gasteiger charge is -2.26. The topological polar surface area (TPSA) is 50.4 Å². The predicted molar refractivity (Wildman–Crippen MR) is 64.2 cm³/mol. The van der Waals surface area contributed by atoms with E-state index in [-0.39, 0.29) is 5.11 Å². The largest absolute Gasteiger partial charge is 0.375 e. The second-order valence-corrected chi connectivity index (χ2v) is 4.69. The monoisotopic (exact) mass is 213 g/mol. The molecule has 0 radical (unpaired) electrons. The van der Waals surface area contributed by atoms with Gasteiger partial charge in [-0.3, -0.25) is 5.43 Å². The molecule has 1 aliphatic carbocycles. The molecular weight excluding hydrogens is 194 g/mol. The molecule has 1 fully saturated rings. The molecule has 0 saturated heterocycles. The summed E-state index contributed by atoms with van der Waals surface area (Å²) in [4.78, 5) is 0. The third-order valence-corrected chi connectivity index (χ3v) is 2.90. The first-order valence-electron chi connectivity index (χ1n) is 5.20. The van der Waals surface area contributed by atoms with E-state index >= 15 is 0 Å². The average molecular weight is 213 g/mol. The molecule has 0 spiro atoms. The molecule has 3 nitrogen and oxygen atoms in total. The minimum absolute atomic E-state index is 0.254. The van der Waals surface area contributed by atoms with Crippen molar-refractivity contribution in [1.82, 2.24) is 5.43 Å². The van der Waals surface area contributed by atoms with Crippen molar-refractivity contribution >= 4 is 23.0 Å². The van der Waals surface area contributed by atoms with Crippen LogP contribution in [0.4, 0.5) is 0 Å². The summed E-state index contributed by atoms with van der Waals surface area (Å²) in [6.45, 7) is 4.54. The van der Waals surface area contributed by atoms with Gasteiger partial charge in [0.25, 0.3) is 0 Å². The SMILES string of the molecule is CC(C)C1CCC/C(=N\NC(N)=S)C1. The van der Waals surface area contributed by atoms with Crippen molar-refractivity contribution in [2.45, 2.75) is 39.5 Å². The standard InChI is InChI=1S/C10H19N3S/c1-7(2)8-4-3-5-9(6-8)12-13-10(11)14/h7-8H,3-6H2,1-2H3,(H3,11,13,14)/b12-9+. The molecule has 0 aromatic rings. The zero-order valence-corrected chi connectivity index (χ0v) is 9.73. The zero-order valence-electron chi connectivity index (χ0n) is 8.92. The lowest BCUT2D eigenvalue weighted by atomic mass is 9.81. The minimum Gasteiger partial charge on any atom is -0.375 e. The van der Waals surface area contributed by atoms with Crippen molar-refractivity contribution in [3.63, 3.8) is 0 Å². The van der Waals surface area contributed by atoms with E-state index in [1.165, 1.54) is 18.6 Å². The fourth-order valence-corrected chi connectivity index (χ4v) is 1.93. The van der Waals surface area contributed by atoms with E-state index in [2.05, 4.69) is 24.4 Å². The van der Waals surface area contributed by atoms with Gasteiger partial charge in [0.05, 0.1) is 0 Å². The number of hydrogen-bond donors (Lipinski definition) is 2. The maximum Gasteiger partial charge on any atom is 0.184 e. The molecular formula is C10H19N3S. The van der Waals surface area contributed by atoms with Gasteiger partial charge in [-0.1, -0.05) is 13.8 Å². The van der Waals surface area contributed by atoms with Crippen molar-refractivity contribution in [2.75, 3.05) is 0 Å². The van der Waals surface area contributed by atoms with E-state index in [1.807, 2.05) is 0 Å². The zero-order chi connectivity index (χ0) is 10.6. The van der Waals surface area contributed by atoms with Gasteiger partial charge in [0.15, 0.2) is 5.11 Å². The Bertz CT molecular complexity index is 236. The number of nitrogens with zero attached hydrogens (tertiary/aromatic N) is 1. The molecule has 0 amide bonds. The summed E-state index contributed by atoms with van der Waals surface area (Å²) in [6.07, 6.45) is 4.73. The highest BCUT2D eigenvalue weighted by atomic mass is 32.1. The number of nitrogens with two attached hydrogens (primary N) is 1. The first-order chi connectivity index (χ1) is 6.59. The summed E-state index contributed by atoms with van der Waals surface area (Å²) in [5.41, 5.74) is 9.20. The Balaban J connectivity index is 2.47. The van der Waals surface area contributed by atoms with Crippen LogP contribution in [-0.2, 0) is 0 Å². The van der Waals surface area contributed by atoms with Crippen LogP contribution in [0, 0.1) is 11.8 Å². The molecule has 0 aliphatic heterocycles. The average Bonchev–Trinajstić information content (AvgIpc) is 2.15. The molecule has 1 aliphatic rings. The third-order valence-electron chi connectivity index (χ3n) is 2.81. The van der Waals surface area contributed by atoms with Crippen LogP contribution in [-0.4, -0.2) is 10.8 Å². The molecule has 0 aromatic heterocycles. The Morgan fingerprint density at radius 1 is 1.64 bits per heavy atom. The van der Waals surface area contributed by atoms with Gasteiger partial charge in [-0.15, -0.1) is 0 Å². The Labute approximate surface area is 91.1 Å². The van der Waals surface area contributed by atoms with Gasteiger partial charge in [0, 0.05) is 5.71 Å². The summed E-state index contributed by atoms with van der Waals surface area (Å²) in [5, 5.41) is 4.47. The third kappa shape index (κ3) is 3.62. The molecule has 0 aromatic carbocycles. The van der Waals surface area contributed by atoms with Crippen molar-refractivity contribution < 1.29 is 0 Å². The van der Waals surface area contributed by atoms with Gasteiger partial charge in [0.2, 0.25) is 0 Å². The number of hydrazone groups is 1. The van der Waals surface area contributed by atoms with Crippen LogP contribution >= 0.6 is 12.2 Å². The summed E-state index contributed by atoms with van der Waals surface area (Å²) in [7, 11) is 0. The molecule has 0 bridgehead atoms. The van der Waals surface area contributed by atoms with Gasteiger partial charge in [-0.05, 0) is 49.7 Å². The summed E-state index contributed by atoms with van der Waals surface area (Å²) >= 11 is 4.70. The molecule has 80 valence electrons. The number of hydrogen-bond acceptors (Lipinski definition) is 2. The molecule has 1 rings (SSSR count). The summed E-state index contributed by atoms with van der Waals surface area (Å²) < 4.78 is 0. The molecule has 1 unspecified atom stereocenters. The van der Waals surface area contributed by atoms with Crippen LogP contribution in [0.25, 0.3) is 0 Å². The fourth-order valence-electron chi connectivity index (χ4n) is 1.88. The van der Waals surface area contributed by atoms with Gasteiger partial charge >= 0.3 is 0 Å². The normalized spacial score (nSPS) is 25.4. The van der Waals surface area contributed by atoms with Crippen molar-refractivity contribution in [3.8, 4) is 0 Å².